The van der Waals surface area contributed by atoms with Crippen molar-refractivity contribution < 1.29 is 4.74 Å². The average molecular weight is 378 g/mol. The molecule has 1 aromatic carbocycles. The molecule has 3 heterocycles. The molecule has 0 aliphatic carbocycles. The van der Waals surface area contributed by atoms with E-state index >= 15 is 0 Å². The standard InChI is InChI=1S/C19H18N6OS/c1-11-4-5-14(25-24-11)9-20-18-15-6-13(19-21-8-12(2)27-19)7-16(26-3)17(15)22-10-23-18/h4-8,10H,9H2,1-3H3,(H,20,22,23). The van der Waals surface area contributed by atoms with Crippen molar-refractivity contribution in [1.82, 2.24) is 25.1 Å². The van der Waals surface area contributed by atoms with Crippen LogP contribution in [-0.4, -0.2) is 32.3 Å². The second-order valence-electron chi connectivity index (χ2n) is 6.09. The summed E-state index contributed by atoms with van der Waals surface area (Å²) in [5.74, 6) is 1.41. The van der Waals surface area contributed by atoms with Gasteiger partial charge >= 0.3 is 0 Å². The molecule has 0 fully saturated rings. The fourth-order valence-corrected chi connectivity index (χ4v) is 3.49. The summed E-state index contributed by atoms with van der Waals surface area (Å²) in [5, 5.41) is 13.4. The van der Waals surface area contributed by atoms with E-state index in [0.29, 0.717) is 12.3 Å². The summed E-state index contributed by atoms with van der Waals surface area (Å²) in [6.07, 6.45) is 3.40. The molecule has 4 aromatic rings. The third-order valence-electron chi connectivity index (χ3n) is 4.08. The van der Waals surface area contributed by atoms with Crippen LogP contribution in [-0.2, 0) is 6.54 Å². The fraction of sp³-hybridized carbons (Fsp3) is 0.211. The highest BCUT2D eigenvalue weighted by atomic mass is 32.1. The summed E-state index contributed by atoms with van der Waals surface area (Å²) in [7, 11) is 1.64. The van der Waals surface area contributed by atoms with Gasteiger partial charge in [0.1, 0.15) is 28.4 Å². The number of ether oxygens (including phenoxy) is 1. The van der Waals surface area contributed by atoms with Gasteiger partial charge in [-0.15, -0.1) is 11.3 Å². The SMILES string of the molecule is COc1cc(-c2ncc(C)s2)cc2c(NCc3ccc(C)nn3)ncnc12. The van der Waals surface area contributed by atoms with Crippen molar-refractivity contribution in [3.63, 3.8) is 0 Å². The summed E-state index contributed by atoms with van der Waals surface area (Å²) in [6, 6.07) is 7.89. The van der Waals surface area contributed by atoms with Crippen LogP contribution in [0.4, 0.5) is 5.82 Å². The van der Waals surface area contributed by atoms with Gasteiger partial charge in [-0.1, -0.05) is 0 Å². The second-order valence-corrected chi connectivity index (χ2v) is 7.33. The van der Waals surface area contributed by atoms with E-state index in [1.54, 1.807) is 18.4 Å². The van der Waals surface area contributed by atoms with E-state index in [0.717, 1.165) is 43.6 Å². The first-order valence-corrected chi connectivity index (χ1v) is 9.24. The Bertz CT molecular complexity index is 1090. The maximum Gasteiger partial charge on any atom is 0.145 e. The summed E-state index contributed by atoms with van der Waals surface area (Å²) >= 11 is 1.64. The number of aryl methyl sites for hydroxylation is 2. The zero-order valence-corrected chi connectivity index (χ0v) is 16.0. The maximum absolute atomic E-state index is 5.56. The number of hydrogen-bond acceptors (Lipinski definition) is 8. The summed E-state index contributed by atoms with van der Waals surface area (Å²) in [6.45, 7) is 4.47. The molecule has 0 atom stereocenters. The lowest BCUT2D eigenvalue weighted by atomic mass is 10.1. The van der Waals surface area contributed by atoms with E-state index in [1.807, 2.05) is 44.3 Å². The van der Waals surface area contributed by atoms with E-state index < -0.39 is 0 Å². The van der Waals surface area contributed by atoms with Crippen LogP contribution in [0.15, 0.2) is 36.8 Å². The summed E-state index contributed by atoms with van der Waals surface area (Å²) in [5.41, 5.74) is 3.46. The molecule has 0 amide bonds. The van der Waals surface area contributed by atoms with E-state index in [-0.39, 0.29) is 0 Å². The second kappa shape index (κ2) is 7.24. The number of thiazole rings is 1. The van der Waals surface area contributed by atoms with Crippen molar-refractivity contribution in [3.8, 4) is 16.3 Å². The van der Waals surface area contributed by atoms with E-state index in [1.165, 1.54) is 6.33 Å². The van der Waals surface area contributed by atoms with Crippen LogP contribution in [0.2, 0.25) is 0 Å². The fourth-order valence-electron chi connectivity index (χ4n) is 2.74. The van der Waals surface area contributed by atoms with E-state index in [4.69, 9.17) is 4.74 Å². The number of anilines is 1. The third kappa shape index (κ3) is 3.56. The zero-order valence-electron chi connectivity index (χ0n) is 15.2. The smallest absolute Gasteiger partial charge is 0.145 e. The lowest BCUT2D eigenvalue weighted by Crippen LogP contribution is -2.05. The molecule has 7 nitrogen and oxygen atoms in total. The van der Waals surface area contributed by atoms with Crippen LogP contribution in [0.1, 0.15) is 16.3 Å². The molecular weight excluding hydrogens is 360 g/mol. The number of methoxy groups -OCH3 is 1. The number of benzene rings is 1. The molecule has 1 N–H and O–H groups in total. The molecule has 3 aromatic heterocycles. The quantitative estimate of drug-likeness (QED) is 0.565. The van der Waals surface area contributed by atoms with Crippen LogP contribution < -0.4 is 10.1 Å². The van der Waals surface area contributed by atoms with Crippen LogP contribution in [0.5, 0.6) is 5.75 Å². The topological polar surface area (TPSA) is 85.7 Å². The minimum absolute atomic E-state index is 0.516. The predicted octanol–water partition coefficient (Wildman–Crippen LogP) is 3.78. The number of rotatable bonds is 5. The molecule has 27 heavy (non-hydrogen) atoms. The lowest BCUT2D eigenvalue weighted by Gasteiger charge is -2.11. The molecule has 0 radical (unpaired) electrons. The largest absolute Gasteiger partial charge is 0.494 e. The Morgan fingerprint density at radius 3 is 2.67 bits per heavy atom. The monoisotopic (exact) mass is 378 g/mol. The minimum Gasteiger partial charge on any atom is -0.494 e. The van der Waals surface area contributed by atoms with Gasteiger partial charge < -0.3 is 10.1 Å². The van der Waals surface area contributed by atoms with Crippen molar-refractivity contribution in [2.75, 3.05) is 12.4 Å². The van der Waals surface area contributed by atoms with Gasteiger partial charge in [0, 0.05) is 22.0 Å². The number of fused-ring (bicyclic) bond motifs is 1. The highest BCUT2D eigenvalue weighted by Crippen LogP contribution is 2.35. The minimum atomic E-state index is 0.516. The van der Waals surface area contributed by atoms with Crippen LogP contribution in [0, 0.1) is 13.8 Å². The maximum atomic E-state index is 5.56. The molecular formula is C19H18N6OS. The molecule has 8 heteroatoms. The molecule has 0 unspecified atom stereocenters. The van der Waals surface area contributed by atoms with Gasteiger partial charge in [0.05, 0.1) is 25.0 Å². The highest BCUT2D eigenvalue weighted by Gasteiger charge is 2.13. The van der Waals surface area contributed by atoms with E-state index in [2.05, 4.69) is 30.5 Å². The molecule has 0 saturated heterocycles. The number of nitrogens with one attached hydrogen (secondary N) is 1. The van der Waals surface area contributed by atoms with Crippen molar-refractivity contribution in [3.05, 3.63) is 53.1 Å². The summed E-state index contributed by atoms with van der Waals surface area (Å²) < 4.78 is 5.56. The first-order chi connectivity index (χ1) is 13.1. The molecule has 136 valence electrons. The Hall–Kier alpha value is -3.13. The van der Waals surface area contributed by atoms with Crippen molar-refractivity contribution >= 4 is 28.1 Å². The number of hydrogen-bond donors (Lipinski definition) is 1. The average Bonchev–Trinajstić information content (AvgIpc) is 3.13. The van der Waals surface area contributed by atoms with Gasteiger partial charge in [-0.25, -0.2) is 15.0 Å². The van der Waals surface area contributed by atoms with Crippen LogP contribution in [0.25, 0.3) is 21.5 Å². The highest BCUT2D eigenvalue weighted by molar-refractivity contribution is 7.14. The Labute approximate surface area is 160 Å². The van der Waals surface area contributed by atoms with Gasteiger partial charge in [0.25, 0.3) is 0 Å². The van der Waals surface area contributed by atoms with Crippen molar-refractivity contribution in [1.29, 1.82) is 0 Å². The number of aromatic nitrogens is 5. The van der Waals surface area contributed by atoms with Crippen LogP contribution in [0.3, 0.4) is 0 Å². The molecule has 0 saturated carbocycles. The van der Waals surface area contributed by atoms with Crippen LogP contribution >= 0.6 is 11.3 Å². The molecule has 0 aliphatic rings. The zero-order chi connectivity index (χ0) is 18.8. The number of nitrogens with zero attached hydrogens (tertiary/aromatic N) is 5. The lowest BCUT2D eigenvalue weighted by molar-refractivity contribution is 0.419. The first kappa shape index (κ1) is 17.3. The molecule has 0 aliphatic heterocycles. The van der Waals surface area contributed by atoms with Gasteiger partial charge in [-0.05, 0) is 38.1 Å². The van der Waals surface area contributed by atoms with Gasteiger partial charge in [-0.3, -0.25) is 0 Å². The Kier molecular flexibility index (Phi) is 4.64. The normalized spacial score (nSPS) is 10.9. The molecule has 0 spiro atoms. The van der Waals surface area contributed by atoms with Gasteiger partial charge in [0.2, 0.25) is 0 Å². The molecule has 0 bridgehead atoms. The summed E-state index contributed by atoms with van der Waals surface area (Å²) in [4.78, 5) is 14.5. The Morgan fingerprint density at radius 1 is 1.07 bits per heavy atom. The van der Waals surface area contributed by atoms with E-state index in [9.17, 15) is 0 Å². The Morgan fingerprint density at radius 2 is 1.96 bits per heavy atom. The third-order valence-corrected chi connectivity index (χ3v) is 5.04. The van der Waals surface area contributed by atoms with Crippen molar-refractivity contribution in [2.45, 2.75) is 20.4 Å². The predicted molar refractivity (Wildman–Crippen MR) is 106 cm³/mol. The first-order valence-electron chi connectivity index (χ1n) is 8.42. The Balaban J connectivity index is 1.74. The van der Waals surface area contributed by atoms with Gasteiger partial charge in [-0.2, -0.15) is 10.2 Å². The molecule has 4 rings (SSSR count). The van der Waals surface area contributed by atoms with Gasteiger partial charge in [0.15, 0.2) is 0 Å². The van der Waals surface area contributed by atoms with Crippen molar-refractivity contribution in [2.24, 2.45) is 0 Å².